The molecule has 0 saturated heterocycles. The van der Waals surface area contributed by atoms with Gasteiger partial charge >= 0.3 is 5.69 Å². The smallest absolute Gasteiger partial charge is 0.301 e. The topological polar surface area (TPSA) is 93.8 Å². The molecule has 0 aromatic carbocycles. The summed E-state index contributed by atoms with van der Waals surface area (Å²) in [6.07, 6.45) is 0.955. The number of hydrogen-bond acceptors (Lipinski definition) is 8. The fraction of sp³-hybridized carbons (Fsp3) is 0.364. The second-order valence-electron chi connectivity index (χ2n) is 3.91. The van der Waals surface area contributed by atoms with Crippen LogP contribution in [0, 0.1) is 17.0 Å². The summed E-state index contributed by atoms with van der Waals surface area (Å²) in [7, 11) is 0. The molecule has 2 aromatic heterocycles. The van der Waals surface area contributed by atoms with E-state index in [9.17, 15) is 10.1 Å². The molecule has 0 aliphatic rings. The van der Waals surface area contributed by atoms with Crippen molar-refractivity contribution < 1.29 is 4.92 Å². The van der Waals surface area contributed by atoms with Gasteiger partial charge in [0.25, 0.3) is 0 Å². The highest BCUT2D eigenvalue weighted by Gasteiger charge is 2.18. The van der Waals surface area contributed by atoms with Crippen molar-refractivity contribution in [2.24, 2.45) is 0 Å². The third-order valence-electron chi connectivity index (χ3n) is 2.29. The number of rotatable bonds is 6. The number of nitro groups is 1. The number of pyridine rings is 1. The zero-order chi connectivity index (χ0) is 14.5. The maximum absolute atomic E-state index is 11.0. The van der Waals surface area contributed by atoms with Crippen LogP contribution in [0.2, 0.25) is 0 Å². The Morgan fingerprint density at radius 1 is 1.45 bits per heavy atom. The molecule has 0 saturated carbocycles. The third-order valence-corrected chi connectivity index (χ3v) is 4.12. The summed E-state index contributed by atoms with van der Waals surface area (Å²) in [4.78, 5) is 19.1. The van der Waals surface area contributed by atoms with Crippen LogP contribution < -0.4 is 5.32 Å². The molecule has 0 aliphatic carbocycles. The molecule has 106 valence electrons. The van der Waals surface area contributed by atoms with E-state index in [1.807, 2.05) is 6.92 Å². The second-order valence-corrected chi connectivity index (χ2v) is 5.90. The molecule has 0 radical (unpaired) electrons. The Balaban J connectivity index is 2.28. The standard InChI is InChI=1S/C11H13N5O2S2/c1-3-6-12-9-5-4-8(16(17)18)10(14-9)19-11-13-7(2)15-20-11/h4-5H,3,6H2,1-2H3,(H,12,14). The van der Waals surface area contributed by atoms with Crippen LogP contribution in [0.3, 0.4) is 0 Å². The van der Waals surface area contributed by atoms with Crippen LogP contribution in [0.25, 0.3) is 0 Å². The molecule has 0 unspecified atom stereocenters. The van der Waals surface area contributed by atoms with E-state index in [-0.39, 0.29) is 5.69 Å². The fourth-order valence-electron chi connectivity index (χ4n) is 1.40. The molecule has 9 heteroatoms. The average molecular weight is 311 g/mol. The van der Waals surface area contributed by atoms with Crippen molar-refractivity contribution in [1.82, 2.24) is 14.3 Å². The van der Waals surface area contributed by atoms with E-state index in [1.165, 1.54) is 17.6 Å². The SMILES string of the molecule is CCCNc1ccc([N+](=O)[O-])c(Sc2nc(C)ns2)n1. The Labute approximate surface area is 124 Å². The first-order chi connectivity index (χ1) is 9.60. The van der Waals surface area contributed by atoms with Gasteiger partial charge in [-0.1, -0.05) is 6.92 Å². The largest absolute Gasteiger partial charge is 0.370 e. The van der Waals surface area contributed by atoms with E-state index in [1.54, 1.807) is 13.0 Å². The molecule has 0 amide bonds. The van der Waals surface area contributed by atoms with Crippen LogP contribution in [0.5, 0.6) is 0 Å². The Morgan fingerprint density at radius 2 is 2.25 bits per heavy atom. The lowest BCUT2D eigenvalue weighted by atomic mass is 10.4. The average Bonchev–Trinajstić information content (AvgIpc) is 2.81. The number of anilines is 1. The molecule has 7 nitrogen and oxygen atoms in total. The molecule has 1 N–H and O–H groups in total. The predicted molar refractivity (Wildman–Crippen MR) is 78.4 cm³/mol. The van der Waals surface area contributed by atoms with Crippen LogP contribution >= 0.6 is 23.3 Å². The first-order valence-electron chi connectivity index (χ1n) is 5.97. The lowest BCUT2D eigenvalue weighted by Crippen LogP contribution is -2.03. The number of nitrogens with one attached hydrogen (secondary N) is 1. The van der Waals surface area contributed by atoms with Gasteiger partial charge < -0.3 is 5.32 Å². The van der Waals surface area contributed by atoms with Gasteiger partial charge in [0.2, 0.25) is 0 Å². The maximum Gasteiger partial charge on any atom is 0.301 e. The van der Waals surface area contributed by atoms with Crippen LogP contribution in [-0.4, -0.2) is 25.8 Å². The van der Waals surface area contributed by atoms with Gasteiger partial charge in [0, 0.05) is 12.6 Å². The molecule has 2 aromatic rings. The Bertz CT molecular complexity index is 617. The summed E-state index contributed by atoms with van der Waals surface area (Å²) in [5, 5.41) is 14.5. The molecule has 0 fully saturated rings. The van der Waals surface area contributed by atoms with Crippen molar-refractivity contribution in [2.45, 2.75) is 29.6 Å². The van der Waals surface area contributed by atoms with Crippen molar-refractivity contribution in [2.75, 3.05) is 11.9 Å². The van der Waals surface area contributed by atoms with Gasteiger partial charge in [-0.15, -0.1) is 0 Å². The lowest BCUT2D eigenvalue weighted by molar-refractivity contribution is -0.388. The minimum Gasteiger partial charge on any atom is -0.370 e. The van der Waals surface area contributed by atoms with Crippen LogP contribution in [0.4, 0.5) is 11.5 Å². The van der Waals surface area contributed by atoms with Crippen LogP contribution in [-0.2, 0) is 0 Å². The number of aromatic nitrogens is 3. The van der Waals surface area contributed by atoms with Gasteiger partial charge in [-0.2, -0.15) is 4.37 Å². The van der Waals surface area contributed by atoms with E-state index >= 15 is 0 Å². The van der Waals surface area contributed by atoms with Gasteiger partial charge in [0.1, 0.15) is 11.6 Å². The molecule has 2 rings (SSSR count). The third kappa shape index (κ3) is 3.64. The van der Waals surface area contributed by atoms with E-state index in [0.717, 1.165) is 24.7 Å². The summed E-state index contributed by atoms with van der Waals surface area (Å²) in [5.41, 5.74) is -0.0232. The van der Waals surface area contributed by atoms with Crippen molar-refractivity contribution in [3.63, 3.8) is 0 Å². The highest BCUT2D eigenvalue weighted by molar-refractivity contribution is 8.01. The van der Waals surface area contributed by atoms with Crippen LogP contribution in [0.1, 0.15) is 19.2 Å². The van der Waals surface area contributed by atoms with Gasteiger partial charge in [0.05, 0.1) is 4.92 Å². The molecular weight excluding hydrogens is 298 g/mol. The summed E-state index contributed by atoms with van der Waals surface area (Å²) >= 11 is 2.37. The van der Waals surface area contributed by atoms with Crippen molar-refractivity contribution in [3.8, 4) is 0 Å². The summed E-state index contributed by atoms with van der Waals surface area (Å²) in [5.74, 6) is 1.28. The molecule has 2 heterocycles. The number of hydrogen-bond donors (Lipinski definition) is 1. The minimum atomic E-state index is -0.438. The maximum atomic E-state index is 11.0. The summed E-state index contributed by atoms with van der Waals surface area (Å²) in [6.45, 7) is 4.59. The van der Waals surface area contributed by atoms with Crippen molar-refractivity contribution in [1.29, 1.82) is 0 Å². The second kappa shape index (κ2) is 6.62. The van der Waals surface area contributed by atoms with E-state index < -0.39 is 4.92 Å². The molecule has 0 bridgehead atoms. The number of aryl methyl sites for hydroxylation is 1. The van der Waals surface area contributed by atoms with E-state index in [2.05, 4.69) is 19.7 Å². The Hall–Kier alpha value is -1.74. The zero-order valence-electron chi connectivity index (χ0n) is 11.0. The van der Waals surface area contributed by atoms with Crippen molar-refractivity contribution >= 4 is 34.8 Å². The van der Waals surface area contributed by atoms with Gasteiger partial charge in [0.15, 0.2) is 9.37 Å². The van der Waals surface area contributed by atoms with E-state index in [4.69, 9.17) is 0 Å². The molecule has 0 aliphatic heterocycles. The number of nitrogens with zero attached hydrogens (tertiary/aromatic N) is 4. The Kier molecular flexibility index (Phi) is 4.85. The Morgan fingerprint density at radius 3 is 2.85 bits per heavy atom. The first kappa shape index (κ1) is 14.7. The van der Waals surface area contributed by atoms with Gasteiger partial charge in [-0.25, -0.2) is 9.97 Å². The zero-order valence-corrected chi connectivity index (χ0v) is 12.6. The summed E-state index contributed by atoms with van der Waals surface area (Å²) < 4.78 is 4.70. The molecule has 0 spiro atoms. The lowest BCUT2D eigenvalue weighted by Gasteiger charge is -2.05. The summed E-state index contributed by atoms with van der Waals surface area (Å²) in [6, 6.07) is 3.07. The highest BCUT2D eigenvalue weighted by atomic mass is 32.2. The predicted octanol–water partition coefficient (Wildman–Crippen LogP) is 3.12. The normalized spacial score (nSPS) is 10.5. The fourth-order valence-corrected chi connectivity index (χ4v) is 3.06. The monoisotopic (exact) mass is 311 g/mol. The first-order valence-corrected chi connectivity index (χ1v) is 7.56. The minimum absolute atomic E-state index is 0.0232. The highest BCUT2D eigenvalue weighted by Crippen LogP contribution is 2.34. The van der Waals surface area contributed by atoms with E-state index in [0.29, 0.717) is 21.0 Å². The molecule has 20 heavy (non-hydrogen) atoms. The van der Waals surface area contributed by atoms with Crippen molar-refractivity contribution in [3.05, 3.63) is 28.1 Å². The van der Waals surface area contributed by atoms with Gasteiger partial charge in [-0.05, 0) is 42.7 Å². The van der Waals surface area contributed by atoms with Crippen LogP contribution in [0.15, 0.2) is 21.5 Å². The molecular formula is C11H13N5O2S2. The quantitative estimate of drug-likeness (QED) is 0.647. The molecule has 0 atom stereocenters. The van der Waals surface area contributed by atoms with Gasteiger partial charge in [-0.3, -0.25) is 10.1 Å².